The number of amides is 1. The molecule has 4 rings (SSSR count). The topological polar surface area (TPSA) is 71.3 Å². The predicted octanol–water partition coefficient (Wildman–Crippen LogP) is 6.74. The van der Waals surface area contributed by atoms with E-state index in [9.17, 15) is 10.1 Å². The summed E-state index contributed by atoms with van der Waals surface area (Å²) in [6, 6.07) is 28.7. The molecule has 34 heavy (non-hydrogen) atoms. The van der Waals surface area contributed by atoms with Gasteiger partial charge in [-0.15, -0.1) is 0 Å². The molecule has 0 spiro atoms. The third-order valence-electron chi connectivity index (χ3n) is 5.19. The molecule has 0 radical (unpaired) electrons. The molecule has 0 aliphatic heterocycles. The van der Waals surface area contributed by atoms with E-state index in [1.807, 2.05) is 78.9 Å². The molecule has 0 aliphatic rings. The number of nitriles is 1. The van der Waals surface area contributed by atoms with Gasteiger partial charge in [0.1, 0.15) is 18.2 Å². The molecule has 1 N–H and O–H groups in total. The third-order valence-corrected chi connectivity index (χ3v) is 5.78. The number of hydrogen-bond acceptors (Lipinski definition) is 4. The van der Waals surface area contributed by atoms with Crippen molar-refractivity contribution in [1.29, 1.82) is 5.26 Å². The Bertz CT molecular complexity index is 1400. The van der Waals surface area contributed by atoms with Gasteiger partial charge in [-0.05, 0) is 56.7 Å². The van der Waals surface area contributed by atoms with Crippen LogP contribution < -0.4 is 14.8 Å². The van der Waals surface area contributed by atoms with E-state index in [4.69, 9.17) is 9.47 Å². The van der Waals surface area contributed by atoms with E-state index in [1.165, 1.54) is 6.08 Å². The number of methoxy groups -OCH3 is 1. The molecule has 168 valence electrons. The van der Waals surface area contributed by atoms with Crippen molar-refractivity contribution in [3.05, 3.63) is 106 Å². The molecule has 0 unspecified atom stereocenters. The number of carbonyl (C=O) groups is 1. The zero-order valence-electron chi connectivity index (χ0n) is 18.4. The maximum atomic E-state index is 12.9. The van der Waals surface area contributed by atoms with Crippen molar-refractivity contribution in [1.82, 2.24) is 0 Å². The highest BCUT2D eigenvalue weighted by atomic mass is 79.9. The van der Waals surface area contributed by atoms with Crippen LogP contribution in [0.2, 0.25) is 0 Å². The van der Waals surface area contributed by atoms with Gasteiger partial charge in [0, 0.05) is 11.1 Å². The summed E-state index contributed by atoms with van der Waals surface area (Å²) in [6.07, 6.45) is 1.52. The van der Waals surface area contributed by atoms with E-state index in [-0.39, 0.29) is 5.57 Å². The molecule has 4 aromatic rings. The second kappa shape index (κ2) is 10.7. The minimum absolute atomic E-state index is 0.0279. The fraction of sp³-hybridized carbons (Fsp3) is 0.0714. The Balaban J connectivity index is 1.58. The van der Waals surface area contributed by atoms with Crippen LogP contribution in [-0.2, 0) is 11.4 Å². The Hall–Kier alpha value is -4.08. The first kappa shape index (κ1) is 23.1. The van der Waals surface area contributed by atoms with Gasteiger partial charge in [0.2, 0.25) is 0 Å². The van der Waals surface area contributed by atoms with E-state index >= 15 is 0 Å². The van der Waals surface area contributed by atoms with Gasteiger partial charge in [0.15, 0.2) is 11.5 Å². The number of hydrogen-bond donors (Lipinski definition) is 1. The van der Waals surface area contributed by atoms with Gasteiger partial charge in [0.05, 0.1) is 11.6 Å². The Morgan fingerprint density at radius 2 is 1.76 bits per heavy atom. The SMILES string of the molecule is COc1cc(/C=C(\C#N)C(=O)Nc2cccc3ccccc23)cc(Br)c1OCc1ccccc1. The van der Waals surface area contributed by atoms with Crippen LogP contribution in [0, 0.1) is 11.3 Å². The molecule has 0 fully saturated rings. The number of ether oxygens (including phenoxy) is 2. The first-order chi connectivity index (χ1) is 16.6. The molecular weight excluding hydrogens is 492 g/mol. The lowest BCUT2D eigenvalue weighted by Crippen LogP contribution is -2.13. The summed E-state index contributed by atoms with van der Waals surface area (Å²) < 4.78 is 12.1. The minimum atomic E-state index is -0.488. The van der Waals surface area contributed by atoms with Gasteiger partial charge in [0.25, 0.3) is 5.91 Å². The molecule has 0 atom stereocenters. The van der Waals surface area contributed by atoms with Gasteiger partial charge in [-0.3, -0.25) is 4.79 Å². The average molecular weight is 513 g/mol. The predicted molar refractivity (Wildman–Crippen MR) is 138 cm³/mol. The van der Waals surface area contributed by atoms with Crippen molar-refractivity contribution < 1.29 is 14.3 Å². The van der Waals surface area contributed by atoms with Gasteiger partial charge >= 0.3 is 0 Å². The molecule has 0 aromatic heterocycles. The molecule has 0 aliphatic carbocycles. The number of carbonyl (C=O) groups excluding carboxylic acids is 1. The molecule has 4 aromatic carbocycles. The molecule has 0 heterocycles. The molecule has 6 heteroatoms. The first-order valence-electron chi connectivity index (χ1n) is 10.5. The Morgan fingerprint density at radius 1 is 1.03 bits per heavy atom. The van der Waals surface area contributed by atoms with Gasteiger partial charge in [-0.25, -0.2) is 0 Å². The fourth-order valence-electron chi connectivity index (χ4n) is 3.53. The van der Waals surface area contributed by atoms with E-state index < -0.39 is 5.91 Å². The van der Waals surface area contributed by atoms with Crippen LogP contribution in [0.5, 0.6) is 11.5 Å². The summed E-state index contributed by atoms with van der Waals surface area (Å²) in [5.74, 6) is 0.545. The zero-order valence-corrected chi connectivity index (χ0v) is 20.0. The number of rotatable bonds is 7. The molecule has 0 saturated heterocycles. The number of nitrogens with one attached hydrogen (secondary N) is 1. The molecular formula is C28H21BrN2O3. The number of fused-ring (bicyclic) bond motifs is 1. The summed E-state index contributed by atoms with van der Waals surface area (Å²) in [6.45, 7) is 0.377. The Morgan fingerprint density at radius 3 is 2.53 bits per heavy atom. The third kappa shape index (κ3) is 5.28. The zero-order chi connectivity index (χ0) is 23.9. The maximum absolute atomic E-state index is 12.9. The smallest absolute Gasteiger partial charge is 0.266 e. The fourth-order valence-corrected chi connectivity index (χ4v) is 4.11. The van der Waals surface area contributed by atoms with Crippen molar-refractivity contribution in [3.8, 4) is 17.6 Å². The summed E-state index contributed by atoms with van der Waals surface area (Å²) in [7, 11) is 1.54. The number of halogens is 1. The average Bonchev–Trinajstić information content (AvgIpc) is 2.87. The summed E-state index contributed by atoms with van der Waals surface area (Å²) in [5, 5.41) is 14.4. The van der Waals surface area contributed by atoms with E-state index in [0.717, 1.165) is 16.3 Å². The van der Waals surface area contributed by atoms with Crippen molar-refractivity contribution >= 4 is 44.4 Å². The summed E-state index contributed by atoms with van der Waals surface area (Å²) >= 11 is 3.52. The lowest BCUT2D eigenvalue weighted by molar-refractivity contribution is -0.112. The van der Waals surface area contributed by atoms with Crippen molar-refractivity contribution in [2.45, 2.75) is 6.61 Å². The van der Waals surface area contributed by atoms with Crippen LogP contribution in [0.4, 0.5) is 5.69 Å². The lowest BCUT2D eigenvalue weighted by Gasteiger charge is -2.14. The minimum Gasteiger partial charge on any atom is -0.493 e. The van der Waals surface area contributed by atoms with E-state index in [2.05, 4.69) is 21.2 Å². The second-order valence-corrected chi connectivity index (χ2v) is 8.31. The van der Waals surface area contributed by atoms with Crippen LogP contribution >= 0.6 is 15.9 Å². The van der Waals surface area contributed by atoms with Gasteiger partial charge in [-0.1, -0.05) is 66.7 Å². The number of anilines is 1. The van der Waals surface area contributed by atoms with Crippen molar-refractivity contribution in [3.63, 3.8) is 0 Å². The van der Waals surface area contributed by atoms with Crippen molar-refractivity contribution in [2.24, 2.45) is 0 Å². The number of nitrogens with zero attached hydrogens (tertiary/aromatic N) is 1. The Kier molecular flexibility index (Phi) is 7.26. The number of benzene rings is 4. The van der Waals surface area contributed by atoms with Crippen LogP contribution in [0.15, 0.2) is 95.0 Å². The van der Waals surface area contributed by atoms with Crippen LogP contribution in [-0.4, -0.2) is 13.0 Å². The highest BCUT2D eigenvalue weighted by Crippen LogP contribution is 2.38. The van der Waals surface area contributed by atoms with Crippen LogP contribution in [0.3, 0.4) is 0 Å². The summed E-state index contributed by atoms with van der Waals surface area (Å²) in [4.78, 5) is 12.9. The van der Waals surface area contributed by atoms with Crippen LogP contribution in [0.1, 0.15) is 11.1 Å². The first-order valence-corrected chi connectivity index (χ1v) is 11.3. The lowest BCUT2D eigenvalue weighted by atomic mass is 10.1. The van der Waals surface area contributed by atoms with Crippen LogP contribution in [0.25, 0.3) is 16.8 Å². The van der Waals surface area contributed by atoms with Gasteiger partial charge < -0.3 is 14.8 Å². The van der Waals surface area contributed by atoms with Gasteiger partial charge in [-0.2, -0.15) is 5.26 Å². The highest BCUT2D eigenvalue weighted by Gasteiger charge is 2.15. The standard InChI is InChI=1S/C28H21BrN2O3/c1-33-26-16-20(15-24(29)27(26)34-18-19-8-3-2-4-9-19)14-22(17-30)28(32)31-25-13-7-11-21-10-5-6-12-23(21)25/h2-16H,18H2,1H3,(H,31,32)/b22-14+. The largest absolute Gasteiger partial charge is 0.493 e. The molecule has 5 nitrogen and oxygen atoms in total. The normalized spacial score (nSPS) is 11.0. The second-order valence-electron chi connectivity index (χ2n) is 7.46. The van der Waals surface area contributed by atoms with E-state index in [1.54, 1.807) is 19.2 Å². The highest BCUT2D eigenvalue weighted by molar-refractivity contribution is 9.10. The maximum Gasteiger partial charge on any atom is 0.266 e. The Labute approximate surface area is 206 Å². The molecule has 1 amide bonds. The quantitative estimate of drug-likeness (QED) is 0.220. The monoisotopic (exact) mass is 512 g/mol. The van der Waals surface area contributed by atoms with E-state index in [0.29, 0.717) is 33.8 Å². The summed E-state index contributed by atoms with van der Waals surface area (Å²) in [5.41, 5.74) is 2.27. The molecule has 0 saturated carbocycles. The van der Waals surface area contributed by atoms with Crippen molar-refractivity contribution in [2.75, 3.05) is 12.4 Å². The molecule has 0 bridgehead atoms.